The molecule has 0 spiro atoms. The molecule has 0 saturated carbocycles. The number of rotatable bonds is 18. The number of carbonyl (C=O) groups excluding carboxylic acids is 2. The molecule has 0 aromatic rings. The summed E-state index contributed by atoms with van der Waals surface area (Å²) in [6.45, 7) is 3.89. The third kappa shape index (κ3) is 17.7. The van der Waals surface area contributed by atoms with Gasteiger partial charge in [0, 0.05) is 12.8 Å². The molecule has 0 aliphatic carbocycles. The topological polar surface area (TPSA) is 72.8 Å². The zero-order valence-corrected chi connectivity index (χ0v) is 17.0. The first-order valence-electron chi connectivity index (χ1n) is 10.6. The number of ether oxygens (including phenoxy) is 2. The first kappa shape index (κ1) is 24.9. The van der Waals surface area contributed by atoms with Crippen molar-refractivity contribution in [1.82, 2.24) is 0 Å². The van der Waals surface area contributed by atoms with Crippen LogP contribution in [-0.2, 0) is 19.1 Å². The number of esters is 2. The lowest BCUT2D eigenvalue weighted by Crippen LogP contribution is -2.25. The molecule has 26 heavy (non-hydrogen) atoms. The van der Waals surface area contributed by atoms with Gasteiger partial charge in [-0.1, -0.05) is 78.1 Å². The summed E-state index contributed by atoms with van der Waals surface area (Å²) < 4.78 is 9.88. The maximum Gasteiger partial charge on any atom is 0.305 e. The number of aliphatic hydroxyl groups excluding tert-OH is 1. The van der Waals surface area contributed by atoms with E-state index < -0.39 is 6.10 Å². The predicted molar refractivity (Wildman–Crippen MR) is 104 cm³/mol. The normalized spacial score (nSPS) is 12.0. The van der Waals surface area contributed by atoms with Gasteiger partial charge in [0.05, 0.1) is 0 Å². The quantitative estimate of drug-likeness (QED) is 0.273. The minimum atomic E-state index is -0.947. The molecule has 1 atom stereocenters. The molecule has 0 unspecified atom stereocenters. The molecular weight excluding hydrogens is 332 g/mol. The van der Waals surface area contributed by atoms with Crippen LogP contribution in [-0.4, -0.2) is 36.4 Å². The van der Waals surface area contributed by atoms with E-state index in [0.29, 0.717) is 19.3 Å². The third-order valence-corrected chi connectivity index (χ3v) is 4.31. The Labute approximate surface area is 159 Å². The SMILES string of the molecule is CCCCCCCCCCCCCC(=O)OC[C@@H](O)COC(=O)CCC. The summed E-state index contributed by atoms with van der Waals surface area (Å²) in [7, 11) is 0. The number of hydrogen-bond donors (Lipinski definition) is 1. The molecule has 0 aromatic carbocycles. The van der Waals surface area contributed by atoms with Crippen molar-refractivity contribution >= 4 is 11.9 Å². The summed E-state index contributed by atoms with van der Waals surface area (Å²) in [4.78, 5) is 22.8. The summed E-state index contributed by atoms with van der Waals surface area (Å²) in [6.07, 6.45) is 14.1. The minimum Gasteiger partial charge on any atom is -0.463 e. The Hall–Kier alpha value is -1.10. The van der Waals surface area contributed by atoms with Crippen LogP contribution in [0.4, 0.5) is 0 Å². The molecule has 0 bridgehead atoms. The lowest BCUT2D eigenvalue weighted by atomic mass is 10.1. The maximum absolute atomic E-state index is 11.6. The molecule has 5 nitrogen and oxygen atoms in total. The first-order chi connectivity index (χ1) is 12.6. The smallest absolute Gasteiger partial charge is 0.305 e. The Morgan fingerprint density at radius 2 is 1.08 bits per heavy atom. The van der Waals surface area contributed by atoms with E-state index >= 15 is 0 Å². The molecule has 1 N–H and O–H groups in total. The molecule has 0 aromatic heterocycles. The van der Waals surface area contributed by atoms with Crippen LogP contribution in [0.2, 0.25) is 0 Å². The van der Waals surface area contributed by atoms with E-state index in [-0.39, 0.29) is 25.2 Å². The second-order valence-corrected chi connectivity index (χ2v) is 7.06. The second-order valence-electron chi connectivity index (χ2n) is 7.06. The lowest BCUT2D eigenvalue weighted by Gasteiger charge is -2.11. The highest BCUT2D eigenvalue weighted by atomic mass is 16.6. The van der Waals surface area contributed by atoms with Crippen LogP contribution < -0.4 is 0 Å². The zero-order chi connectivity index (χ0) is 19.5. The van der Waals surface area contributed by atoms with Crippen molar-refractivity contribution in [3.05, 3.63) is 0 Å². The van der Waals surface area contributed by atoms with Gasteiger partial charge in [0.1, 0.15) is 19.3 Å². The second kappa shape index (κ2) is 18.7. The van der Waals surface area contributed by atoms with Gasteiger partial charge in [-0.2, -0.15) is 0 Å². The van der Waals surface area contributed by atoms with Gasteiger partial charge in [-0.25, -0.2) is 0 Å². The molecule has 0 rings (SSSR count). The lowest BCUT2D eigenvalue weighted by molar-refractivity contribution is -0.152. The monoisotopic (exact) mass is 372 g/mol. The van der Waals surface area contributed by atoms with Crippen LogP contribution in [0.15, 0.2) is 0 Å². The average Bonchev–Trinajstić information content (AvgIpc) is 2.63. The van der Waals surface area contributed by atoms with E-state index in [2.05, 4.69) is 6.92 Å². The molecule has 0 aliphatic rings. The number of unbranched alkanes of at least 4 members (excludes halogenated alkanes) is 10. The molecule has 0 saturated heterocycles. The fourth-order valence-corrected chi connectivity index (χ4v) is 2.71. The summed E-state index contributed by atoms with van der Waals surface area (Å²) >= 11 is 0. The van der Waals surface area contributed by atoms with Gasteiger partial charge in [0.2, 0.25) is 0 Å². The molecule has 0 aliphatic heterocycles. The van der Waals surface area contributed by atoms with E-state index in [1.165, 1.54) is 51.4 Å². The first-order valence-corrected chi connectivity index (χ1v) is 10.6. The summed E-state index contributed by atoms with van der Waals surface area (Å²) in [5.41, 5.74) is 0. The van der Waals surface area contributed by atoms with E-state index in [1.54, 1.807) is 0 Å². The maximum atomic E-state index is 11.6. The number of carbonyl (C=O) groups is 2. The molecule has 0 radical (unpaired) electrons. The van der Waals surface area contributed by atoms with Crippen molar-refractivity contribution in [2.45, 2.75) is 110 Å². The van der Waals surface area contributed by atoms with Gasteiger partial charge in [-0.3, -0.25) is 9.59 Å². The molecule has 0 fully saturated rings. The highest BCUT2D eigenvalue weighted by Crippen LogP contribution is 2.12. The van der Waals surface area contributed by atoms with Crippen LogP contribution in [0, 0.1) is 0 Å². The fourth-order valence-electron chi connectivity index (χ4n) is 2.71. The highest BCUT2D eigenvalue weighted by Gasteiger charge is 2.11. The Morgan fingerprint density at radius 3 is 1.54 bits per heavy atom. The highest BCUT2D eigenvalue weighted by molar-refractivity contribution is 5.69. The van der Waals surface area contributed by atoms with Crippen LogP contribution in [0.25, 0.3) is 0 Å². The van der Waals surface area contributed by atoms with Gasteiger partial charge in [0.15, 0.2) is 0 Å². The van der Waals surface area contributed by atoms with Crippen molar-refractivity contribution in [3.8, 4) is 0 Å². The van der Waals surface area contributed by atoms with E-state index in [4.69, 9.17) is 9.47 Å². The van der Waals surface area contributed by atoms with Crippen molar-refractivity contribution < 1.29 is 24.2 Å². The van der Waals surface area contributed by atoms with Gasteiger partial charge in [0.25, 0.3) is 0 Å². The number of hydrogen-bond acceptors (Lipinski definition) is 5. The zero-order valence-electron chi connectivity index (χ0n) is 17.0. The van der Waals surface area contributed by atoms with E-state index in [1.807, 2.05) is 6.92 Å². The van der Waals surface area contributed by atoms with E-state index in [9.17, 15) is 14.7 Å². The molecule has 0 amide bonds. The predicted octanol–water partition coefficient (Wildman–Crippen LogP) is 4.93. The van der Waals surface area contributed by atoms with Crippen molar-refractivity contribution in [2.24, 2.45) is 0 Å². The van der Waals surface area contributed by atoms with Crippen molar-refractivity contribution in [1.29, 1.82) is 0 Å². The Kier molecular flexibility index (Phi) is 17.9. The van der Waals surface area contributed by atoms with Gasteiger partial charge < -0.3 is 14.6 Å². The molecule has 5 heteroatoms. The minimum absolute atomic E-state index is 0.115. The Balaban J connectivity index is 3.37. The van der Waals surface area contributed by atoms with E-state index in [0.717, 1.165) is 19.3 Å². The fraction of sp³-hybridized carbons (Fsp3) is 0.905. The van der Waals surface area contributed by atoms with Crippen LogP contribution in [0.3, 0.4) is 0 Å². The Morgan fingerprint density at radius 1 is 0.654 bits per heavy atom. The third-order valence-electron chi connectivity index (χ3n) is 4.31. The molecular formula is C21H40O5. The van der Waals surface area contributed by atoms with Crippen molar-refractivity contribution in [2.75, 3.05) is 13.2 Å². The molecule has 154 valence electrons. The van der Waals surface area contributed by atoms with Crippen LogP contribution >= 0.6 is 0 Å². The largest absolute Gasteiger partial charge is 0.463 e. The standard InChI is InChI=1S/C21H40O5/c1-3-5-6-7-8-9-10-11-12-13-14-16-21(24)26-18-19(22)17-25-20(23)15-4-2/h19,22H,3-18H2,1-2H3/t19-/m0/s1. The Bertz CT molecular complexity index is 343. The van der Waals surface area contributed by atoms with Crippen LogP contribution in [0.1, 0.15) is 104 Å². The van der Waals surface area contributed by atoms with Gasteiger partial charge in [-0.05, 0) is 12.8 Å². The molecule has 0 heterocycles. The summed E-state index contributed by atoms with van der Waals surface area (Å²) in [5, 5.41) is 9.62. The summed E-state index contributed by atoms with van der Waals surface area (Å²) in [6, 6.07) is 0. The van der Waals surface area contributed by atoms with Crippen molar-refractivity contribution in [3.63, 3.8) is 0 Å². The van der Waals surface area contributed by atoms with Gasteiger partial charge >= 0.3 is 11.9 Å². The van der Waals surface area contributed by atoms with Gasteiger partial charge in [-0.15, -0.1) is 0 Å². The van der Waals surface area contributed by atoms with Crippen LogP contribution in [0.5, 0.6) is 0 Å². The number of aliphatic hydroxyl groups is 1. The average molecular weight is 373 g/mol. The summed E-state index contributed by atoms with van der Waals surface area (Å²) in [5.74, 6) is -0.626.